The first-order valence-corrected chi connectivity index (χ1v) is 11.4. The van der Waals surface area contributed by atoms with E-state index >= 15 is 0 Å². The van der Waals surface area contributed by atoms with Gasteiger partial charge in [-0.1, -0.05) is 18.2 Å². The summed E-state index contributed by atoms with van der Waals surface area (Å²) in [7, 11) is 0. The van der Waals surface area contributed by atoms with Gasteiger partial charge in [-0.25, -0.2) is 4.79 Å². The van der Waals surface area contributed by atoms with Gasteiger partial charge in [0.15, 0.2) is 0 Å². The third-order valence-electron chi connectivity index (χ3n) is 6.76. The molecule has 0 spiro atoms. The van der Waals surface area contributed by atoms with E-state index in [1.807, 2.05) is 16.7 Å². The molecule has 1 saturated heterocycles. The van der Waals surface area contributed by atoms with Crippen LogP contribution in [0.25, 0.3) is 10.9 Å². The number of H-pyrrole nitrogens is 1. The van der Waals surface area contributed by atoms with E-state index in [0.29, 0.717) is 29.3 Å². The number of rotatable bonds is 6. The van der Waals surface area contributed by atoms with Crippen molar-refractivity contribution >= 4 is 16.8 Å². The molecule has 0 aliphatic carbocycles. The highest BCUT2D eigenvalue weighted by atomic mass is 16.2. The Bertz CT molecular complexity index is 1370. The molecule has 0 unspecified atom stereocenters. The highest BCUT2D eigenvalue weighted by Crippen LogP contribution is 2.34. The highest BCUT2D eigenvalue weighted by molar-refractivity contribution is 5.77. The molecule has 2 atom stereocenters. The number of aromatic amines is 1. The molecule has 0 radical (unpaired) electrons. The Labute approximate surface area is 189 Å². The number of carbonyl (C=O) groups excluding carboxylic acids is 1. The van der Waals surface area contributed by atoms with Gasteiger partial charge in [-0.05, 0) is 30.5 Å². The number of hydrogen-bond donors (Lipinski definition) is 2. The van der Waals surface area contributed by atoms with Gasteiger partial charge in [0, 0.05) is 63.4 Å². The molecule has 172 valence electrons. The van der Waals surface area contributed by atoms with Crippen LogP contribution < -0.4 is 22.1 Å². The molecule has 2 N–H and O–H groups in total. The molecule has 2 aliphatic heterocycles. The summed E-state index contributed by atoms with van der Waals surface area (Å²) in [5, 5.41) is 3.33. The number of pyridine rings is 1. The van der Waals surface area contributed by atoms with Gasteiger partial charge < -0.3 is 19.8 Å². The van der Waals surface area contributed by atoms with Crippen LogP contribution in [-0.2, 0) is 17.9 Å². The molecule has 1 aromatic carbocycles. The number of para-hydroxylation sites is 1. The number of fused-ring (bicyclic) bond motifs is 5. The van der Waals surface area contributed by atoms with Gasteiger partial charge in [0.2, 0.25) is 5.91 Å². The van der Waals surface area contributed by atoms with Gasteiger partial charge >= 0.3 is 5.69 Å². The van der Waals surface area contributed by atoms with Crippen LogP contribution in [0.2, 0.25) is 0 Å². The van der Waals surface area contributed by atoms with Crippen LogP contribution in [0.15, 0.2) is 56.8 Å². The fourth-order valence-electron chi connectivity index (χ4n) is 5.24. The van der Waals surface area contributed by atoms with Crippen molar-refractivity contribution < 1.29 is 4.79 Å². The van der Waals surface area contributed by atoms with E-state index in [0.717, 1.165) is 42.9 Å². The van der Waals surface area contributed by atoms with Crippen LogP contribution in [-0.4, -0.2) is 51.1 Å². The first-order valence-electron chi connectivity index (χ1n) is 11.4. The van der Waals surface area contributed by atoms with Crippen LogP contribution >= 0.6 is 0 Å². The van der Waals surface area contributed by atoms with Crippen molar-refractivity contribution in [3.63, 3.8) is 0 Å². The molecule has 0 saturated carbocycles. The third-order valence-corrected chi connectivity index (χ3v) is 6.76. The monoisotopic (exact) mass is 449 g/mol. The lowest BCUT2D eigenvalue weighted by molar-refractivity contribution is -0.121. The molecule has 2 aromatic heterocycles. The summed E-state index contributed by atoms with van der Waals surface area (Å²) >= 11 is 0. The van der Waals surface area contributed by atoms with Crippen LogP contribution in [0.5, 0.6) is 0 Å². The zero-order valence-corrected chi connectivity index (χ0v) is 18.3. The first-order chi connectivity index (χ1) is 16.0. The van der Waals surface area contributed by atoms with Crippen molar-refractivity contribution in [2.24, 2.45) is 5.92 Å². The Morgan fingerprint density at radius 2 is 1.85 bits per heavy atom. The molecule has 2 aliphatic rings. The lowest BCUT2D eigenvalue weighted by Gasteiger charge is -2.42. The maximum Gasteiger partial charge on any atom is 0.328 e. The van der Waals surface area contributed by atoms with Gasteiger partial charge in [-0.3, -0.25) is 19.0 Å². The molecular formula is C24H27N5O4. The zero-order chi connectivity index (χ0) is 22.9. The molecule has 4 heterocycles. The van der Waals surface area contributed by atoms with Gasteiger partial charge in [0.05, 0.1) is 10.9 Å². The van der Waals surface area contributed by atoms with E-state index in [2.05, 4.69) is 15.2 Å². The minimum absolute atomic E-state index is 0.0320. The van der Waals surface area contributed by atoms with Gasteiger partial charge in [-0.2, -0.15) is 0 Å². The van der Waals surface area contributed by atoms with Crippen molar-refractivity contribution in [1.82, 2.24) is 24.3 Å². The summed E-state index contributed by atoms with van der Waals surface area (Å²) in [5.41, 5.74) is 0.782. The molecular weight excluding hydrogens is 422 g/mol. The second-order valence-electron chi connectivity index (χ2n) is 8.99. The van der Waals surface area contributed by atoms with Gasteiger partial charge in [0.25, 0.3) is 11.1 Å². The Morgan fingerprint density at radius 3 is 2.73 bits per heavy atom. The highest BCUT2D eigenvalue weighted by Gasteiger charge is 2.34. The number of piperidine rings is 1. The van der Waals surface area contributed by atoms with E-state index in [1.54, 1.807) is 30.3 Å². The molecule has 9 nitrogen and oxygen atoms in total. The van der Waals surface area contributed by atoms with Gasteiger partial charge in [0.1, 0.15) is 0 Å². The van der Waals surface area contributed by atoms with E-state index in [-0.39, 0.29) is 30.0 Å². The van der Waals surface area contributed by atoms with E-state index in [1.165, 1.54) is 0 Å². The summed E-state index contributed by atoms with van der Waals surface area (Å²) < 4.78 is 2.99. The number of nitrogens with zero attached hydrogens (tertiary/aromatic N) is 3. The van der Waals surface area contributed by atoms with Crippen molar-refractivity contribution in [3.8, 4) is 0 Å². The Hall–Kier alpha value is -3.46. The number of carbonyl (C=O) groups is 1. The number of likely N-dealkylation sites (tertiary alicyclic amines) is 1. The fraction of sp³-hybridized carbons (Fsp3) is 0.417. The Kier molecular flexibility index (Phi) is 5.72. The Morgan fingerprint density at radius 1 is 1.00 bits per heavy atom. The van der Waals surface area contributed by atoms with Gasteiger partial charge in [-0.15, -0.1) is 0 Å². The van der Waals surface area contributed by atoms with Crippen LogP contribution in [0, 0.1) is 5.92 Å². The zero-order valence-electron chi connectivity index (χ0n) is 18.3. The maximum atomic E-state index is 12.6. The van der Waals surface area contributed by atoms with E-state index in [9.17, 15) is 19.2 Å². The number of amides is 1. The average molecular weight is 450 g/mol. The lowest BCUT2D eigenvalue weighted by atomic mass is 9.83. The van der Waals surface area contributed by atoms with E-state index < -0.39 is 5.69 Å². The van der Waals surface area contributed by atoms with Crippen molar-refractivity contribution in [2.75, 3.05) is 26.2 Å². The topological polar surface area (TPSA) is 109 Å². The predicted octanol–water partition coefficient (Wildman–Crippen LogP) is 0.477. The molecule has 1 fully saturated rings. The number of hydrogen-bond acceptors (Lipinski definition) is 5. The molecule has 9 heteroatoms. The summed E-state index contributed by atoms with van der Waals surface area (Å²) in [5.74, 6) is 0.593. The largest absolute Gasteiger partial charge is 0.355 e. The van der Waals surface area contributed by atoms with Crippen LogP contribution in [0.3, 0.4) is 0 Å². The molecule has 1 amide bonds. The number of aromatic nitrogens is 3. The fourth-order valence-corrected chi connectivity index (χ4v) is 5.24. The van der Waals surface area contributed by atoms with E-state index in [4.69, 9.17) is 0 Å². The lowest BCUT2D eigenvalue weighted by Crippen LogP contribution is -2.48. The smallest absolute Gasteiger partial charge is 0.328 e. The Balaban J connectivity index is 1.14. The minimum Gasteiger partial charge on any atom is -0.355 e. The molecule has 2 bridgehead atoms. The maximum absolute atomic E-state index is 12.6. The molecule has 33 heavy (non-hydrogen) atoms. The SMILES string of the molecule is O=C(CCn1c(=O)[nH]c2ccccc2c1=O)NCCN1C[C@H]2C[C@@H](C1)c1cccc(=O)n1C2. The summed E-state index contributed by atoms with van der Waals surface area (Å²) in [6.07, 6.45) is 1.16. The summed E-state index contributed by atoms with van der Waals surface area (Å²) in [4.78, 5) is 54.3. The number of nitrogens with one attached hydrogen (secondary N) is 2. The average Bonchev–Trinajstić information content (AvgIpc) is 2.80. The third kappa shape index (κ3) is 4.28. The van der Waals surface area contributed by atoms with Crippen LogP contribution in [0.4, 0.5) is 0 Å². The summed E-state index contributed by atoms with van der Waals surface area (Å²) in [6, 6.07) is 12.3. The second-order valence-corrected chi connectivity index (χ2v) is 8.99. The minimum atomic E-state index is -0.509. The normalized spacial score (nSPS) is 19.9. The quantitative estimate of drug-likeness (QED) is 0.569. The second kappa shape index (κ2) is 8.82. The van der Waals surface area contributed by atoms with Crippen LogP contribution in [0.1, 0.15) is 24.5 Å². The molecule has 3 aromatic rings. The van der Waals surface area contributed by atoms with Crippen molar-refractivity contribution in [2.45, 2.75) is 31.8 Å². The molecule has 5 rings (SSSR count). The number of benzene rings is 1. The van der Waals surface area contributed by atoms with Crippen molar-refractivity contribution in [1.29, 1.82) is 0 Å². The summed E-state index contributed by atoms with van der Waals surface area (Å²) in [6.45, 7) is 3.80. The first kappa shape index (κ1) is 21.4. The van der Waals surface area contributed by atoms with Crippen molar-refractivity contribution in [3.05, 3.63) is 79.4 Å². The predicted molar refractivity (Wildman–Crippen MR) is 124 cm³/mol. The standard InChI is InChI=1S/C24H27N5O4/c30-21(8-10-28-23(32)18-4-1-2-5-19(18)26-24(28)33)25-9-11-27-13-16-12-17(15-27)20-6-3-7-22(31)29(20)14-16/h1-7,16-17H,8-15H2,(H,25,30)(H,26,33)/t16-,17+/m1/s1.